The second-order valence-corrected chi connectivity index (χ2v) is 7.04. The molecular weight excluding hydrogens is 248 g/mol. The van der Waals surface area contributed by atoms with Gasteiger partial charge in [0.25, 0.3) is 0 Å². The summed E-state index contributed by atoms with van der Waals surface area (Å²) in [6.07, 6.45) is 5.97. The molecule has 108 valence electrons. The second kappa shape index (κ2) is 4.69. The lowest BCUT2D eigenvalue weighted by atomic mass is 9.98. The summed E-state index contributed by atoms with van der Waals surface area (Å²) in [5, 5.41) is 3.40. The van der Waals surface area contributed by atoms with E-state index in [0.29, 0.717) is 12.0 Å². The molecule has 20 heavy (non-hydrogen) atoms. The Morgan fingerprint density at radius 2 is 2.20 bits per heavy atom. The molecule has 3 aliphatic rings. The van der Waals surface area contributed by atoms with Crippen molar-refractivity contribution >= 4 is 5.95 Å². The monoisotopic (exact) mass is 272 g/mol. The fourth-order valence-electron chi connectivity index (χ4n) is 3.68. The van der Waals surface area contributed by atoms with Gasteiger partial charge in [0.15, 0.2) is 0 Å². The van der Waals surface area contributed by atoms with Gasteiger partial charge in [-0.1, -0.05) is 0 Å². The summed E-state index contributed by atoms with van der Waals surface area (Å²) < 4.78 is 0. The number of hydrogen-bond donors (Lipinski definition) is 1. The molecule has 2 atom stereocenters. The van der Waals surface area contributed by atoms with E-state index in [4.69, 9.17) is 4.98 Å². The summed E-state index contributed by atoms with van der Waals surface area (Å²) in [6, 6.07) is 0.657. The predicted octanol–water partition coefficient (Wildman–Crippen LogP) is 2.28. The Labute approximate surface area is 121 Å². The first-order chi connectivity index (χ1) is 9.70. The molecule has 0 radical (unpaired) electrons. The third kappa shape index (κ3) is 2.20. The molecule has 1 saturated carbocycles. The zero-order valence-corrected chi connectivity index (χ0v) is 12.5. The van der Waals surface area contributed by atoms with Crippen molar-refractivity contribution in [3.05, 3.63) is 17.5 Å². The standard InChI is InChI=1S/C16H24N4/c1-10(2)20-8-12-5-15-13(14(12)9-20)7-18-16(19-15)17-6-11-3-4-11/h7,10-12,14H,3-6,8-9H2,1-2H3,(H,17,18,19)/t12-,14-/m1/s1. The van der Waals surface area contributed by atoms with E-state index in [1.54, 1.807) is 0 Å². The summed E-state index contributed by atoms with van der Waals surface area (Å²) in [5.41, 5.74) is 2.71. The van der Waals surface area contributed by atoms with Crippen LogP contribution in [0.5, 0.6) is 0 Å². The van der Waals surface area contributed by atoms with Crippen molar-refractivity contribution in [2.45, 2.75) is 45.1 Å². The average Bonchev–Trinajstić information content (AvgIpc) is 3.06. The minimum absolute atomic E-state index is 0.657. The first kappa shape index (κ1) is 12.6. The summed E-state index contributed by atoms with van der Waals surface area (Å²) in [6.45, 7) is 8.05. The Kier molecular flexibility index (Phi) is 2.95. The van der Waals surface area contributed by atoms with Crippen molar-refractivity contribution in [1.29, 1.82) is 0 Å². The Hall–Kier alpha value is -1.16. The molecule has 1 N–H and O–H groups in total. The molecule has 2 heterocycles. The molecule has 2 aliphatic carbocycles. The van der Waals surface area contributed by atoms with E-state index in [0.717, 1.165) is 30.7 Å². The summed E-state index contributed by atoms with van der Waals surface area (Å²) in [5.74, 6) is 3.15. The van der Waals surface area contributed by atoms with E-state index in [1.807, 2.05) is 0 Å². The van der Waals surface area contributed by atoms with Crippen LogP contribution in [0.3, 0.4) is 0 Å². The van der Waals surface area contributed by atoms with Crippen LogP contribution in [0.15, 0.2) is 6.20 Å². The smallest absolute Gasteiger partial charge is 0.222 e. The fraction of sp³-hybridized carbons (Fsp3) is 0.750. The fourth-order valence-corrected chi connectivity index (χ4v) is 3.68. The molecule has 1 saturated heterocycles. The molecule has 0 unspecified atom stereocenters. The molecular formula is C16H24N4. The molecule has 1 aromatic heterocycles. The van der Waals surface area contributed by atoms with E-state index in [1.165, 1.54) is 37.2 Å². The lowest BCUT2D eigenvalue weighted by Gasteiger charge is -2.21. The van der Waals surface area contributed by atoms with Gasteiger partial charge in [-0.05, 0) is 50.5 Å². The minimum atomic E-state index is 0.657. The molecule has 4 nitrogen and oxygen atoms in total. The number of rotatable bonds is 4. The lowest BCUT2D eigenvalue weighted by molar-refractivity contribution is 0.262. The van der Waals surface area contributed by atoms with E-state index in [2.05, 4.69) is 35.2 Å². The van der Waals surface area contributed by atoms with Crippen LogP contribution in [0.4, 0.5) is 5.95 Å². The van der Waals surface area contributed by atoms with E-state index in [-0.39, 0.29) is 0 Å². The van der Waals surface area contributed by atoms with Crippen LogP contribution in [-0.4, -0.2) is 40.5 Å². The van der Waals surface area contributed by atoms with Gasteiger partial charge in [0.2, 0.25) is 5.95 Å². The zero-order valence-electron chi connectivity index (χ0n) is 12.5. The summed E-state index contributed by atoms with van der Waals surface area (Å²) in [7, 11) is 0. The third-order valence-corrected chi connectivity index (χ3v) is 5.20. The Morgan fingerprint density at radius 1 is 1.35 bits per heavy atom. The van der Waals surface area contributed by atoms with Gasteiger partial charge >= 0.3 is 0 Å². The van der Waals surface area contributed by atoms with Gasteiger partial charge in [-0.15, -0.1) is 0 Å². The van der Waals surface area contributed by atoms with Gasteiger partial charge in [-0.25, -0.2) is 9.97 Å². The lowest BCUT2D eigenvalue weighted by Crippen LogP contribution is -2.29. The van der Waals surface area contributed by atoms with Crippen molar-refractivity contribution < 1.29 is 0 Å². The number of anilines is 1. The third-order valence-electron chi connectivity index (χ3n) is 5.20. The first-order valence-electron chi connectivity index (χ1n) is 8.04. The van der Waals surface area contributed by atoms with Gasteiger partial charge in [0, 0.05) is 43.5 Å². The van der Waals surface area contributed by atoms with Crippen LogP contribution >= 0.6 is 0 Å². The van der Waals surface area contributed by atoms with Gasteiger partial charge in [0.1, 0.15) is 0 Å². The van der Waals surface area contributed by atoms with Gasteiger partial charge in [-0.2, -0.15) is 0 Å². The van der Waals surface area contributed by atoms with Crippen molar-refractivity contribution in [2.75, 3.05) is 25.0 Å². The van der Waals surface area contributed by atoms with E-state index < -0.39 is 0 Å². The number of hydrogen-bond acceptors (Lipinski definition) is 4. The molecule has 1 aromatic rings. The van der Waals surface area contributed by atoms with Crippen molar-refractivity contribution in [3.8, 4) is 0 Å². The minimum Gasteiger partial charge on any atom is -0.354 e. The van der Waals surface area contributed by atoms with E-state index in [9.17, 15) is 0 Å². The predicted molar refractivity (Wildman–Crippen MR) is 79.9 cm³/mol. The Morgan fingerprint density at radius 3 is 2.95 bits per heavy atom. The maximum absolute atomic E-state index is 4.76. The quantitative estimate of drug-likeness (QED) is 0.913. The summed E-state index contributed by atoms with van der Waals surface area (Å²) in [4.78, 5) is 11.9. The van der Waals surface area contributed by atoms with E-state index >= 15 is 0 Å². The highest BCUT2D eigenvalue weighted by Gasteiger charge is 2.41. The molecule has 4 heteroatoms. The van der Waals surface area contributed by atoms with Crippen LogP contribution in [-0.2, 0) is 6.42 Å². The Bertz CT molecular complexity index is 509. The second-order valence-electron chi connectivity index (χ2n) is 7.04. The van der Waals surface area contributed by atoms with Crippen LogP contribution in [0.2, 0.25) is 0 Å². The zero-order chi connectivity index (χ0) is 13.7. The van der Waals surface area contributed by atoms with Gasteiger partial charge in [-0.3, -0.25) is 0 Å². The highest BCUT2D eigenvalue weighted by molar-refractivity contribution is 5.37. The topological polar surface area (TPSA) is 41.1 Å². The molecule has 0 spiro atoms. The Balaban J connectivity index is 1.48. The normalized spacial score (nSPS) is 28.8. The van der Waals surface area contributed by atoms with Crippen LogP contribution in [0.25, 0.3) is 0 Å². The number of nitrogens with zero attached hydrogens (tertiary/aromatic N) is 3. The molecule has 0 amide bonds. The highest BCUT2D eigenvalue weighted by Crippen LogP contribution is 2.42. The maximum atomic E-state index is 4.76. The molecule has 0 bridgehead atoms. The molecule has 2 fully saturated rings. The molecule has 4 rings (SSSR count). The average molecular weight is 272 g/mol. The SMILES string of the molecule is CC(C)N1C[C@H]2Cc3nc(NCC4CC4)ncc3[C@@H]2C1. The van der Waals surface area contributed by atoms with Crippen molar-refractivity contribution in [1.82, 2.24) is 14.9 Å². The number of fused-ring (bicyclic) bond motifs is 3. The number of likely N-dealkylation sites (tertiary alicyclic amines) is 1. The van der Waals surface area contributed by atoms with Crippen LogP contribution in [0, 0.1) is 11.8 Å². The number of aromatic nitrogens is 2. The maximum Gasteiger partial charge on any atom is 0.222 e. The van der Waals surface area contributed by atoms with Crippen molar-refractivity contribution in [2.24, 2.45) is 11.8 Å². The van der Waals surface area contributed by atoms with Gasteiger partial charge < -0.3 is 10.2 Å². The largest absolute Gasteiger partial charge is 0.354 e. The summed E-state index contributed by atoms with van der Waals surface area (Å²) >= 11 is 0. The van der Waals surface area contributed by atoms with Gasteiger partial charge in [0.05, 0.1) is 0 Å². The number of nitrogens with one attached hydrogen (secondary N) is 1. The first-order valence-corrected chi connectivity index (χ1v) is 8.04. The molecule has 0 aromatic carbocycles. The molecule has 1 aliphatic heterocycles. The highest BCUT2D eigenvalue weighted by atomic mass is 15.2. The van der Waals surface area contributed by atoms with Crippen LogP contribution in [0.1, 0.15) is 43.9 Å². The van der Waals surface area contributed by atoms with Crippen molar-refractivity contribution in [3.63, 3.8) is 0 Å². The van der Waals surface area contributed by atoms with Crippen LogP contribution < -0.4 is 5.32 Å².